The molecule has 0 aliphatic carbocycles. The van der Waals surface area contributed by atoms with Gasteiger partial charge < -0.3 is 5.32 Å². The van der Waals surface area contributed by atoms with Crippen LogP contribution in [0, 0.1) is 0 Å². The maximum Gasteiger partial charge on any atom is 0.265 e. The monoisotopic (exact) mass is 331 g/mol. The van der Waals surface area contributed by atoms with Crippen molar-refractivity contribution in [1.82, 2.24) is 0 Å². The molecule has 4 heteroatoms. The summed E-state index contributed by atoms with van der Waals surface area (Å²) in [7, 11) is 0. The summed E-state index contributed by atoms with van der Waals surface area (Å²) in [5, 5.41) is 3.97. The van der Waals surface area contributed by atoms with E-state index in [1.54, 1.807) is 0 Å². The highest BCUT2D eigenvalue weighted by Gasteiger charge is 2.10. The van der Waals surface area contributed by atoms with Crippen LogP contribution in [-0.4, -0.2) is 5.91 Å². The number of amides is 1. The SMILES string of the molecule is O=C(Nc1ccccc1)c1cc2cc(Br)ccc2s1. The van der Waals surface area contributed by atoms with Crippen LogP contribution in [0.5, 0.6) is 0 Å². The number of fused-ring (bicyclic) bond motifs is 1. The van der Waals surface area contributed by atoms with Crippen molar-refractivity contribution in [3.05, 3.63) is 63.9 Å². The molecule has 19 heavy (non-hydrogen) atoms. The maximum atomic E-state index is 12.2. The molecule has 0 atom stereocenters. The number of halogens is 1. The average molecular weight is 332 g/mol. The van der Waals surface area contributed by atoms with Crippen LogP contribution in [0.4, 0.5) is 5.69 Å². The second kappa shape index (κ2) is 5.15. The number of para-hydroxylation sites is 1. The Balaban J connectivity index is 1.89. The molecule has 3 aromatic rings. The molecule has 0 spiro atoms. The highest BCUT2D eigenvalue weighted by Crippen LogP contribution is 2.28. The topological polar surface area (TPSA) is 29.1 Å². The zero-order valence-electron chi connectivity index (χ0n) is 9.89. The zero-order chi connectivity index (χ0) is 13.2. The summed E-state index contributed by atoms with van der Waals surface area (Å²) < 4.78 is 2.13. The van der Waals surface area contributed by atoms with E-state index in [9.17, 15) is 4.79 Å². The Bertz CT molecular complexity index is 736. The zero-order valence-corrected chi connectivity index (χ0v) is 12.3. The molecule has 1 aromatic heterocycles. The summed E-state index contributed by atoms with van der Waals surface area (Å²) in [5.74, 6) is -0.0662. The first kappa shape index (κ1) is 12.4. The lowest BCUT2D eigenvalue weighted by atomic mass is 10.2. The van der Waals surface area contributed by atoms with E-state index in [4.69, 9.17) is 0 Å². The van der Waals surface area contributed by atoms with Crippen molar-refractivity contribution in [3.8, 4) is 0 Å². The van der Waals surface area contributed by atoms with Gasteiger partial charge in [-0.05, 0) is 41.8 Å². The van der Waals surface area contributed by atoms with Crippen molar-refractivity contribution >= 4 is 48.9 Å². The van der Waals surface area contributed by atoms with Crippen LogP contribution in [0.1, 0.15) is 9.67 Å². The number of thiophene rings is 1. The van der Waals surface area contributed by atoms with Crippen LogP contribution in [0.3, 0.4) is 0 Å². The van der Waals surface area contributed by atoms with E-state index < -0.39 is 0 Å². The molecule has 1 amide bonds. The van der Waals surface area contributed by atoms with Gasteiger partial charge in [0.15, 0.2) is 0 Å². The Morgan fingerprint density at radius 3 is 2.63 bits per heavy atom. The van der Waals surface area contributed by atoms with E-state index in [1.807, 2.05) is 54.6 Å². The van der Waals surface area contributed by atoms with Gasteiger partial charge in [-0.2, -0.15) is 0 Å². The summed E-state index contributed by atoms with van der Waals surface area (Å²) in [6.45, 7) is 0. The van der Waals surface area contributed by atoms with Gasteiger partial charge in [0, 0.05) is 14.9 Å². The first-order valence-corrected chi connectivity index (χ1v) is 7.39. The van der Waals surface area contributed by atoms with Gasteiger partial charge in [0.05, 0.1) is 4.88 Å². The maximum absolute atomic E-state index is 12.2. The highest BCUT2D eigenvalue weighted by atomic mass is 79.9. The number of rotatable bonds is 2. The number of carbonyl (C=O) groups is 1. The second-order valence-electron chi connectivity index (χ2n) is 4.11. The summed E-state index contributed by atoms with van der Waals surface area (Å²) >= 11 is 4.94. The summed E-state index contributed by atoms with van der Waals surface area (Å²) in [5.41, 5.74) is 0.811. The third kappa shape index (κ3) is 2.69. The third-order valence-electron chi connectivity index (χ3n) is 2.73. The molecule has 0 fully saturated rings. The average Bonchev–Trinajstić information content (AvgIpc) is 2.83. The third-order valence-corrected chi connectivity index (χ3v) is 4.34. The van der Waals surface area contributed by atoms with Gasteiger partial charge in [0.25, 0.3) is 5.91 Å². The molecule has 0 aliphatic heterocycles. The van der Waals surface area contributed by atoms with Gasteiger partial charge in [0.1, 0.15) is 0 Å². The fourth-order valence-corrected chi connectivity index (χ4v) is 3.16. The first-order valence-electron chi connectivity index (χ1n) is 5.78. The van der Waals surface area contributed by atoms with Gasteiger partial charge in [-0.25, -0.2) is 0 Å². The Morgan fingerprint density at radius 1 is 1.05 bits per heavy atom. The minimum atomic E-state index is -0.0662. The van der Waals surface area contributed by atoms with Gasteiger partial charge in [-0.15, -0.1) is 11.3 Å². The van der Waals surface area contributed by atoms with Crippen LogP contribution in [0.25, 0.3) is 10.1 Å². The van der Waals surface area contributed by atoms with Crippen molar-refractivity contribution in [1.29, 1.82) is 0 Å². The number of benzene rings is 2. The lowest BCUT2D eigenvalue weighted by molar-refractivity contribution is 0.103. The predicted octanol–water partition coefficient (Wildman–Crippen LogP) is 4.92. The molecule has 0 aliphatic rings. The number of nitrogens with one attached hydrogen (secondary N) is 1. The molecule has 1 N–H and O–H groups in total. The number of hydrogen-bond donors (Lipinski definition) is 1. The van der Waals surface area contributed by atoms with Gasteiger partial charge >= 0.3 is 0 Å². The Hall–Kier alpha value is -1.65. The predicted molar refractivity (Wildman–Crippen MR) is 83.9 cm³/mol. The molecular weight excluding hydrogens is 322 g/mol. The van der Waals surface area contributed by atoms with Crippen molar-refractivity contribution in [2.24, 2.45) is 0 Å². The van der Waals surface area contributed by atoms with Crippen LogP contribution in [-0.2, 0) is 0 Å². The minimum Gasteiger partial charge on any atom is -0.321 e. The molecule has 0 saturated heterocycles. The Kier molecular flexibility index (Phi) is 3.36. The van der Waals surface area contributed by atoms with E-state index in [0.717, 1.165) is 25.1 Å². The number of hydrogen-bond acceptors (Lipinski definition) is 2. The molecule has 2 nitrogen and oxygen atoms in total. The molecule has 0 unspecified atom stereocenters. The van der Waals surface area contributed by atoms with E-state index in [2.05, 4.69) is 21.2 Å². The molecule has 94 valence electrons. The fraction of sp³-hybridized carbons (Fsp3) is 0. The van der Waals surface area contributed by atoms with Gasteiger partial charge in [-0.3, -0.25) is 4.79 Å². The van der Waals surface area contributed by atoms with Crippen LogP contribution < -0.4 is 5.32 Å². The standard InChI is InChI=1S/C15H10BrNOS/c16-11-6-7-13-10(8-11)9-14(19-13)15(18)17-12-4-2-1-3-5-12/h1-9H,(H,17,18). The van der Waals surface area contributed by atoms with E-state index in [0.29, 0.717) is 0 Å². The molecule has 0 saturated carbocycles. The summed E-state index contributed by atoms with van der Waals surface area (Å²) in [6.07, 6.45) is 0. The second-order valence-corrected chi connectivity index (χ2v) is 6.11. The number of anilines is 1. The molecule has 2 aromatic carbocycles. The lowest BCUT2D eigenvalue weighted by Gasteiger charge is -2.01. The molecule has 0 bridgehead atoms. The van der Waals surface area contributed by atoms with Crippen molar-refractivity contribution in [2.75, 3.05) is 5.32 Å². The van der Waals surface area contributed by atoms with Crippen molar-refractivity contribution in [3.63, 3.8) is 0 Å². The smallest absolute Gasteiger partial charge is 0.265 e. The van der Waals surface area contributed by atoms with E-state index in [-0.39, 0.29) is 5.91 Å². The van der Waals surface area contributed by atoms with Crippen molar-refractivity contribution < 1.29 is 4.79 Å². The fourth-order valence-electron chi connectivity index (χ4n) is 1.84. The van der Waals surface area contributed by atoms with E-state index >= 15 is 0 Å². The molecular formula is C15H10BrNOS. The normalized spacial score (nSPS) is 10.6. The first-order chi connectivity index (χ1) is 9.22. The van der Waals surface area contributed by atoms with Gasteiger partial charge in [0.2, 0.25) is 0 Å². The Morgan fingerprint density at radius 2 is 1.84 bits per heavy atom. The quantitative estimate of drug-likeness (QED) is 0.709. The summed E-state index contributed by atoms with van der Waals surface area (Å²) in [4.78, 5) is 12.9. The highest BCUT2D eigenvalue weighted by molar-refractivity contribution is 9.10. The van der Waals surface area contributed by atoms with Crippen molar-refractivity contribution in [2.45, 2.75) is 0 Å². The largest absolute Gasteiger partial charge is 0.321 e. The lowest BCUT2D eigenvalue weighted by Crippen LogP contribution is -2.09. The molecule has 3 rings (SSSR count). The Labute approximate surface area is 123 Å². The van der Waals surface area contributed by atoms with Crippen LogP contribution >= 0.6 is 27.3 Å². The minimum absolute atomic E-state index is 0.0662. The van der Waals surface area contributed by atoms with Crippen LogP contribution in [0.15, 0.2) is 59.1 Å². The van der Waals surface area contributed by atoms with E-state index in [1.165, 1.54) is 11.3 Å². The summed E-state index contributed by atoms with van der Waals surface area (Å²) in [6, 6.07) is 17.4. The molecule has 0 radical (unpaired) electrons. The molecule has 1 heterocycles. The number of carbonyl (C=O) groups excluding carboxylic acids is 1. The van der Waals surface area contributed by atoms with Gasteiger partial charge in [-0.1, -0.05) is 34.1 Å². The van der Waals surface area contributed by atoms with Crippen LogP contribution in [0.2, 0.25) is 0 Å².